The summed E-state index contributed by atoms with van der Waals surface area (Å²) in [7, 11) is 0. The summed E-state index contributed by atoms with van der Waals surface area (Å²) in [6.07, 6.45) is 0. The molecule has 0 unspecified atom stereocenters. The molecule has 1 heterocycles. The second-order valence-electron chi connectivity index (χ2n) is 8.05. The number of hydrogen-bond donors (Lipinski definition) is 0. The first kappa shape index (κ1) is 24.6. The van der Waals surface area contributed by atoms with Crippen molar-refractivity contribution < 1.29 is 18.7 Å². The van der Waals surface area contributed by atoms with E-state index < -0.39 is 0 Å². The van der Waals surface area contributed by atoms with E-state index in [4.69, 9.17) is 4.74 Å². The lowest BCUT2D eigenvalue weighted by molar-refractivity contribution is -0.145. The van der Waals surface area contributed by atoms with Gasteiger partial charge in [0, 0.05) is 17.5 Å². The Morgan fingerprint density at radius 1 is 0.909 bits per heavy atom. The van der Waals surface area contributed by atoms with E-state index in [2.05, 4.69) is 0 Å². The predicted octanol–water partition coefficient (Wildman–Crippen LogP) is 4.87. The van der Waals surface area contributed by atoms with Crippen LogP contribution >= 0.6 is 11.3 Å². The largest absolute Gasteiger partial charge is 0.367 e. The molecule has 0 saturated carbocycles. The lowest BCUT2D eigenvalue weighted by Crippen LogP contribution is -2.46. The van der Waals surface area contributed by atoms with Crippen molar-refractivity contribution in [2.45, 2.75) is 39.6 Å². The number of benzene rings is 2. The van der Waals surface area contributed by atoms with Crippen molar-refractivity contribution >= 4 is 23.2 Å². The van der Waals surface area contributed by atoms with E-state index in [1.54, 1.807) is 33.3 Å². The highest BCUT2D eigenvalue weighted by atomic mass is 32.1. The van der Waals surface area contributed by atoms with Gasteiger partial charge in [-0.3, -0.25) is 9.59 Å². The van der Waals surface area contributed by atoms with Crippen molar-refractivity contribution in [3.8, 4) is 0 Å². The molecule has 5 nitrogen and oxygen atoms in total. The van der Waals surface area contributed by atoms with E-state index in [-0.39, 0.29) is 36.8 Å². The molecule has 0 spiro atoms. The number of thiophene rings is 1. The maximum absolute atomic E-state index is 13.3. The maximum atomic E-state index is 13.3. The van der Waals surface area contributed by atoms with E-state index >= 15 is 0 Å². The van der Waals surface area contributed by atoms with Crippen LogP contribution < -0.4 is 0 Å². The monoisotopic (exact) mass is 468 g/mol. The van der Waals surface area contributed by atoms with Crippen LogP contribution in [0.2, 0.25) is 0 Å². The third-order valence-electron chi connectivity index (χ3n) is 5.15. The Morgan fingerprint density at radius 3 is 2.27 bits per heavy atom. The average molecular weight is 469 g/mol. The summed E-state index contributed by atoms with van der Waals surface area (Å²) < 4.78 is 18.9. The zero-order valence-electron chi connectivity index (χ0n) is 18.9. The van der Waals surface area contributed by atoms with Gasteiger partial charge in [0.1, 0.15) is 19.0 Å². The highest BCUT2D eigenvalue weighted by molar-refractivity contribution is 7.09. The third kappa shape index (κ3) is 7.80. The van der Waals surface area contributed by atoms with E-state index in [0.29, 0.717) is 19.7 Å². The van der Waals surface area contributed by atoms with E-state index in [0.717, 1.165) is 16.0 Å². The first-order valence-electron chi connectivity index (χ1n) is 10.9. The fraction of sp³-hybridized carbons (Fsp3) is 0.308. The number of nitrogens with zero attached hydrogens (tertiary/aromatic N) is 2. The van der Waals surface area contributed by atoms with Crippen molar-refractivity contribution in [1.29, 1.82) is 0 Å². The van der Waals surface area contributed by atoms with Gasteiger partial charge in [-0.15, -0.1) is 11.3 Å². The molecule has 0 N–H and O–H groups in total. The average Bonchev–Trinajstić information content (AvgIpc) is 3.32. The topological polar surface area (TPSA) is 49.9 Å². The summed E-state index contributed by atoms with van der Waals surface area (Å²) in [6.45, 7) is 4.72. The fourth-order valence-electron chi connectivity index (χ4n) is 3.35. The van der Waals surface area contributed by atoms with Crippen LogP contribution in [0.5, 0.6) is 0 Å². The van der Waals surface area contributed by atoms with E-state index in [9.17, 15) is 14.0 Å². The van der Waals surface area contributed by atoms with Gasteiger partial charge in [-0.25, -0.2) is 4.39 Å². The van der Waals surface area contributed by atoms with E-state index in [1.165, 1.54) is 12.1 Å². The quantitative estimate of drug-likeness (QED) is 0.403. The minimum Gasteiger partial charge on any atom is -0.367 e. The van der Waals surface area contributed by atoms with Crippen LogP contribution in [-0.4, -0.2) is 40.8 Å². The molecule has 0 aliphatic rings. The molecule has 174 valence electrons. The zero-order chi connectivity index (χ0) is 23.6. The predicted molar refractivity (Wildman–Crippen MR) is 128 cm³/mol. The number of hydrogen-bond acceptors (Lipinski definition) is 4. The summed E-state index contributed by atoms with van der Waals surface area (Å²) >= 11 is 1.57. The summed E-state index contributed by atoms with van der Waals surface area (Å²) in [6, 6.07) is 19.5. The molecule has 0 radical (unpaired) electrons. The second-order valence-corrected chi connectivity index (χ2v) is 9.08. The molecular weight excluding hydrogens is 439 g/mol. The molecule has 3 aromatic rings. The van der Waals surface area contributed by atoms with Crippen LogP contribution in [0.15, 0.2) is 72.1 Å². The summed E-state index contributed by atoms with van der Waals surface area (Å²) in [5.41, 5.74) is 1.81. The summed E-state index contributed by atoms with van der Waals surface area (Å²) in [5, 5.41) is 1.96. The van der Waals surface area contributed by atoms with Crippen LogP contribution in [0.25, 0.3) is 0 Å². The molecular formula is C26H29FN2O3S. The zero-order valence-corrected chi connectivity index (χ0v) is 19.8. The highest BCUT2D eigenvalue weighted by Crippen LogP contribution is 2.16. The minimum absolute atomic E-state index is 0.0439. The van der Waals surface area contributed by atoms with Gasteiger partial charge in [0.25, 0.3) is 0 Å². The second kappa shape index (κ2) is 12.3. The number of ether oxygens (including phenoxy) is 1. The number of rotatable bonds is 11. The Bertz CT molecular complexity index is 1010. The summed E-state index contributed by atoms with van der Waals surface area (Å²) in [5.74, 6) is -0.716. The lowest BCUT2D eigenvalue weighted by Gasteiger charge is -2.30. The minimum atomic E-state index is -0.318. The Balaban J connectivity index is 1.64. The van der Waals surface area contributed by atoms with Crippen molar-refractivity contribution in [3.05, 3.63) is 93.9 Å². The number of carbonyl (C=O) groups is 2. The SMILES string of the molecule is CC(C)N(CC(=O)N(Cc1ccc(F)cc1)Cc1cccs1)C(=O)COCc1ccccc1. The fourth-order valence-corrected chi connectivity index (χ4v) is 4.07. The first-order chi connectivity index (χ1) is 15.9. The van der Waals surface area contributed by atoms with E-state index in [1.807, 2.05) is 61.7 Å². The Hall–Kier alpha value is -3.03. The smallest absolute Gasteiger partial charge is 0.249 e. The first-order valence-corrected chi connectivity index (χ1v) is 11.8. The Morgan fingerprint density at radius 2 is 1.64 bits per heavy atom. The molecule has 2 amide bonds. The van der Waals surface area contributed by atoms with Gasteiger partial charge in [0.15, 0.2) is 0 Å². The standard InChI is InChI=1S/C26H29FN2O3S/c1-20(2)29(26(31)19-32-18-22-7-4-3-5-8-22)17-25(30)28(16-24-9-6-14-33-24)15-21-10-12-23(27)13-11-21/h3-14,20H,15-19H2,1-2H3. The summed E-state index contributed by atoms with van der Waals surface area (Å²) in [4.78, 5) is 30.4. The van der Waals surface area contributed by atoms with Crippen LogP contribution in [0.1, 0.15) is 29.9 Å². The van der Waals surface area contributed by atoms with Crippen molar-refractivity contribution in [2.24, 2.45) is 0 Å². The molecule has 0 aliphatic heterocycles. The van der Waals surface area contributed by atoms with Gasteiger partial charge in [0.2, 0.25) is 11.8 Å². The lowest BCUT2D eigenvalue weighted by atomic mass is 10.2. The van der Waals surface area contributed by atoms with Crippen LogP contribution in [0.4, 0.5) is 4.39 Å². The van der Waals surface area contributed by atoms with Crippen LogP contribution in [0, 0.1) is 5.82 Å². The van der Waals surface area contributed by atoms with Crippen LogP contribution in [-0.2, 0) is 34.0 Å². The molecule has 0 fully saturated rings. The maximum Gasteiger partial charge on any atom is 0.249 e. The molecule has 2 aromatic carbocycles. The highest BCUT2D eigenvalue weighted by Gasteiger charge is 2.24. The van der Waals surface area contributed by atoms with Gasteiger partial charge in [-0.05, 0) is 48.6 Å². The Kier molecular flexibility index (Phi) is 9.15. The number of halogens is 1. The number of amides is 2. The third-order valence-corrected chi connectivity index (χ3v) is 6.01. The molecule has 0 saturated heterocycles. The van der Waals surface area contributed by atoms with Crippen molar-refractivity contribution in [1.82, 2.24) is 9.80 Å². The van der Waals surface area contributed by atoms with Gasteiger partial charge >= 0.3 is 0 Å². The van der Waals surface area contributed by atoms with Gasteiger partial charge < -0.3 is 14.5 Å². The molecule has 7 heteroatoms. The van der Waals surface area contributed by atoms with Gasteiger partial charge in [-0.2, -0.15) is 0 Å². The molecule has 3 rings (SSSR count). The number of carbonyl (C=O) groups excluding carboxylic acids is 2. The molecule has 1 aromatic heterocycles. The van der Waals surface area contributed by atoms with Crippen LogP contribution in [0.3, 0.4) is 0 Å². The molecule has 0 atom stereocenters. The van der Waals surface area contributed by atoms with Crippen molar-refractivity contribution in [3.63, 3.8) is 0 Å². The normalized spacial score (nSPS) is 10.9. The molecule has 0 bridgehead atoms. The van der Waals surface area contributed by atoms with Crippen molar-refractivity contribution in [2.75, 3.05) is 13.2 Å². The van der Waals surface area contributed by atoms with Gasteiger partial charge in [0.05, 0.1) is 13.2 Å². The Labute approximate surface area is 198 Å². The molecule has 33 heavy (non-hydrogen) atoms. The molecule has 0 aliphatic carbocycles. The van der Waals surface area contributed by atoms with Gasteiger partial charge in [-0.1, -0.05) is 48.5 Å².